The van der Waals surface area contributed by atoms with Crippen LogP contribution in [0.4, 0.5) is 5.69 Å². The smallest absolute Gasteiger partial charge is 0.269 e. The summed E-state index contributed by atoms with van der Waals surface area (Å²) in [5.41, 5.74) is 1.63. The second-order valence-corrected chi connectivity index (χ2v) is 7.68. The molecule has 0 saturated heterocycles. The van der Waals surface area contributed by atoms with Gasteiger partial charge in [0.2, 0.25) is 0 Å². The molecule has 0 unspecified atom stereocenters. The third kappa shape index (κ3) is 4.66. The van der Waals surface area contributed by atoms with Crippen LogP contribution in [-0.4, -0.2) is 26.4 Å². The Kier molecular flexibility index (Phi) is 5.60. The zero-order valence-electron chi connectivity index (χ0n) is 15.3. The second-order valence-electron chi connectivity index (χ2n) is 6.00. The Labute approximate surface area is 163 Å². The van der Waals surface area contributed by atoms with Gasteiger partial charge in [-0.3, -0.25) is 14.5 Å². The largest absolute Gasteiger partial charge is 0.457 e. The van der Waals surface area contributed by atoms with Crippen LogP contribution in [0, 0.1) is 6.92 Å². The van der Waals surface area contributed by atoms with Crippen LogP contribution in [0.1, 0.15) is 16.1 Å². The number of carbonyl (C=O) groups excluding carboxylic acids is 1. The van der Waals surface area contributed by atoms with E-state index in [4.69, 9.17) is 4.74 Å². The Hall–Kier alpha value is -3.39. The number of anilines is 1. The van der Waals surface area contributed by atoms with Gasteiger partial charge in [-0.1, -0.05) is 17.7 Å². The van der Waals surface area contributed by atoms with E-state index in [1.54, 1.807) is 54.6 Å². The minimum absolute atomic E-state index is 0.192. The molecule has 144 valence electrons. The van der Waals surface area contributed by atoms with E-state index in [1.165, 1.54) is 19.3 Å². The topological polar surface area (TPSA) is 97.4 Å². The van der Waals surface area contributed by atoms with Gasteiger partial charge in [0, 0.05) is 25.0 Å². The number of sulfonamides is 1. The van der Waals surface area contributed by atoms with Crippen LogP contribution < -0.4 is 14.8 Å². The number of hydrogen-bond donors (Lipinski definition) is 2. The summed E-state index contributed by atoms with van der Waals surface area (Å²) in [4.78, 5) is 15.8. The molecule has 0 atom stereocenters. The second kappa shape index (κ2) is 8.10. The van der Waals surface area contributed by atoms with Gasteiger partial charge in [0.1, 0.15) is 17.2 Å². The summed E-state index contributed by atoms with van der Waals surface area (Å²) in [7, 11) is -2.14. The van der Waals surface area contributed by atoms with Crippen LogP contribution in [0.3, 0.4) is 0 Å². The van der Waals surface area contributed by atoms with E-state index in [9.17, 15) is 13.2 Å². The molecular formula is C20H19N3O4S. The zero-order valence-corrected chi connectivity index (χ0v) is 16.2. The fourth-order valence-electron chi connectivity index (χ4n) is 2.39. The molecule has 8 heteroatoms. The lowest BCUT2D eigenvalue weighted by molar-refractivity contribution is 0.0958. The first kappa shape index (κ1) is 19.4. The molecular weight excluding hydrogens is 378 g/mol. The lowest BCUT2D eigenvalue weighted by Crippen LogP contribution is -2.18. The predicted octanol–water partition coefficient (Wildman–Crippen LogP) is 3.34. The number of benzene rings is 2. The Morgan fingerprint density at radius 3 is 2.29 bits per heavy atom. The molecule has 2 N–H and O–H groups in total. The number of rotatable bonds is 6. The van der Waals surface area contributed by atoms with Crippen molar-refractivity contribution in [2.45, 2.75) is 11.8 Å². The first-order valence-corrected chi connectivity index (χ1v) is 9.91. The average molecular weight is 397 g/mol. The maximum Gasteiger partial charge on any atom is 0.269 e. The summed E-state index contributed by atoms with van der Waals surface area (Å²) < 4.78 is 33.1. The molecule has 0 fully saturated rings. The summed E-state index contributed by atoms with van der Waals surface area (Å²) in [5, 5.41) is 2.50. The number of ether oxygens (including phenoxy) is 1. The summed E-state index contributed by atoms with van der Waals surface area (Å²) in [6.45, 7) is 1.89. The molecule has 0 saturated carbocycles. The molecule has 1 heterocycles. The molecule has 0 aliphatic carbocycles. The number of hydrogen-bond acceptors (Lipinski definition) is 5. The Morgan fingerprint density at radius 1 is 0.964 bits per heavy atom. The summed E-state index contributed by atoms with van der Waals surface area (Å²) >= 11 is 0. The van der Waals surface area contributed by atoms with Gasteiger partial charge in [-0.15, -0.1) is 0 Å². The van der Waals surface area contributed by atoms with Gasteiger partial charge in [0.05, 0.1) is 4.90 Å². The fourth-order valence-corrected chi connectivity index (χ4v) is 3.44. The Balaban J connectivity index is 1.72. The normalized spacial score (nSPS) is 10.9. The van der Waals surface area contributed by atoms with Gasteiger partial charge in [0.15, 0.2) is 0 Å². The first-order chi connectivity index (χ1) is 13.4. The molecule has 0 aliphatic rings. The van der Waals surface area contributed by atoms with E-state index in [2.05, 4.69) is 15.0 Å². The Bertz CT molecular complexity index is 1080. The SMILES string of the molecule is CNC(=O)c1cc(Oc2ccc(NS(=O)(=O)c3ccc(C)cc3)cc2)ccn1. The van der Waals surface area contributed by atoms with E-state index in [0.29, 0.717) is 17.2 Å². The fraction of sp³-hybridized carbons (Fsp3) is 0.100. The minimum atomic E-state index is -3.66. The molecule has 28 heavy (non-hydrogen) atoms. The van der Waals surface area contributed by atoms with Gasteiger partial charge in [-0.05, 0) is 49.4 Å². The van der Waals surface area contributed by atoms with Crippen molar-refractivity contribution in [3.8, 4) is 11.5 Å². The first-order valence-electron chi connectivity index (χ1n) is 8.43. The van der Waals surface area contributed by atoms with E-state index >= 15 is 0 Å². The molecule has 1 aromatic heterocycles. The van der Waals surface area contributed by atoms with Crippen molar-refractivity contribution in [2.75, 3.05) is 11.8 Å². The highest BCUT2D eigenvalue weighted by Crippen LogP contribution is 2.24. The van der Waals surface area contributed by atoms with Gasteiger partial charge < -0.3 is 10.1 Å². The van der Waals surface area contributed by atoms with E-state index in [0.717, 1.165) is 5.56 Å². The van der Waals surface area contributed by atoms with E-state index in [-0.39, 0.29) is 16.5 Å². The van der Waals surface area contributed by atoms with Crippen LogP contribution in [-0.2, 0) is 10.0 Å². The number of amides is 1. The van der Waals surface area contributed by atoms with Gasteiger partial charge in [-0.2, -0.15) is 0 Å². The molecule has 2 aromatic carbocycles. The third-order valence-electron chi connectivity index (χ3n) is 3.86. The van der Waals surface area contributed by atoms with Crippen LogP contribution in [0.5, 0.6) is 11.5 Å². The maximum atomic E-state index is 12.4. The van der Waals surface area contributed by atoms with Crippen molar-refractivity contribution >= 4 is 21.6 Å². The number of aromatic nitrogens is 1. The molecule has 3 aromatic rings. The molecule has 0 bridgehead atoms. The standard InChI is InChI=1S/C20H19N3O4S/c1-14-3-9-18(10-4-14)28(25,26)23-15-5-7-16(8-6-15)27-17-11-12-22-19(13-17)20(24)21-2/h3-13,23H,1-2H3,(H,21,24). The number of carbonyl (C=O) groups is 1. The van der Waals surface area contributed by atoms with Crippen LogP contribution in [0.2, 0.25) is 0 Å². The predicted molar refractivity (Wildman–Crippen MR) is 106 cm³/mol. The highest BCUT2D eigenvalue weighted by molar-refractivity contribution is 7.92. The van der Waals surface area contributed by atoms with Gasteiger partial charge in [0.25, 0.3) is 15.9 Å². The molecule has 7 nitrogen and oxygen atoms in total. The third-order valence-corrected chi connectivity index (χ3v) is 5.26. The number of pyridine rings is 1. The Morgan fingerprint density at radius 2 is 1.64 bits per heavy atom. The molecule has 0 aliphatic heterocycles. The van der Waals surface area contributed by atoms with Crippen LogP contribution >= 0.6 is 0 Å². The number of nitrogens with one attached hydrogen (secondary N) is 2. The molecule has 0 spiro atoms. The molecule has 3 rings (SSSR count). The monoisotopic (exact) mass is 397 g/mol. The quantitative estimate of drug-likeness (QED) is 0.665. The van der Waals surface area contributed by atoms with Crippen molar-refractivity contribution in [3.63, 3.8) is 0 Å². The number of aryl methyl sites for hydroxylation is 1. The van der Waals surface area contributed by atoms with Crippen molar-refractivity contribution in [3.05, 3.63) is 78.1 Å². The van der Waals surface area contributed by atoms with Crippen LogP contribution in [0.15, 0.2) is 71.8 Å². The number of nitrogens with zero attached hydrogens (tertiary/aromatic N) is 1. The summed E-state index contributed by atoms with van der Waals surface area (Å²) in [6.07, 6.45) is 1.48. The highest BCUT2D eigenvalue weighted by atomic mass is 32.2. The minimum Gasteiger partial charge on any atom is -0.457 e. The summed E-state index contributed by atoms with van der Waals surface area (Å²) in [6, 6.07) is 16.2. The zero-order chi connectivity index (χ0) is 20.1. The lowest BCUT2D eigenvalue weighted by Gasteiger charge is -2.10. The van der Waals surface area contributed by atoms with Crippen molar-refractivity contribution in [1.29, 1.82) is 0 Å². The van der Waals surface area contributed by atoms with Gasteiger partial charge >= 0.3 is 0 Å². The lowest BCUT2D eigenvalue weighted by atomic mass is 10.2. The van der Waals surface area contributed by atoms with Crippen molar-refractivity contribution < 1.29 is 17.9 Å². The van der Waals surface area contributed by atoms with E-state index < -0.39 is 10.0 Å². The summed E-state index contributed by atoms with van der Waals surface area (Å²) in [5.74, 6) is 0.625. The van der Waals surface area contributed by atoms with Crippen molar-refractivity contribution in [1.82, 2.24) is 10.3 Å². The van der Waals surface area contributed by atoms with Gasteiger partial charge in [-0.25, -0.2) is 8.42 Å². The molecule has 0 radical (unpaired) electrons. The highest BCUT2D eigenvalue weighted by Gasteiger charge is 2.14. The van der Waals surface area contributed by atoms with Crippen LogP contribution in [0.25, 0.3) is 0 Å². The van der Waals surface area contributed by atoms with Crippen molar-refractivity contribution in [2.24, 2.45) is 0 Å². The average Bonchev–Trinajstić information content (AvgIpc) is 2.69. The maximum absolute atomic E-state index is 12.4. The molecule has 1 amide bonds. The van der Waals surface area contributed by atoms with E-state index in [1.807, 2.05) is 6.92 Å².